The fraction of sp³-hybridized carbons (Fsp3) is 0.417. The van der Waals surface area contributed by atoms with Crippen LogP contribution in [0.3, 0.4) is 0 Å². The average molecular weight is 317 g/mol. The monoisotopic (exact) mass is 319 g/mol. The molecule has 0 saturated heterocycles. The van der Waals surface area contributed by atoms with Crippen LogP contribution in [0.5, 0.6) is 0 Å². The molecule has 0 aliphatic heterocycles. The van der Waals surface area contributed by atoms with Crippen LogP contribution in [0.4, 0.5) is 0 Å². The second-order valence-corrected chi connectivity index (χ2v) is 10.9. The molecule has 0 saturated carbocycles. The Labute approximate surface area is 102 Å². The molecule has 0 aromatic rings. The van der Waals surface area contributed by atoms with Crippen molar-refractivity contribution in [2.24, 2.45) is 0 Å². The average Bonchev–Trinajstić information content (AvgIpc) is 2.80. The van der Waals surface area contributed by atoms with Crippen molar-refractivity contribution in [1.82, 2.24) is 4.90 Å². The fourth-order valence-electron chi connectivity index (χ4n) is 1.77. The summed E-state index contributed by atoms with van der Waals surface area (Å²) >= 11 is -4.34. The van der Waals surface area contributed by atoms with Crippen LogP contribution in [0.15, 0.2) is 24.3 Å². The van der Waals surface area contributed by atoms with E-state index in [9.17, 15) is 14.4 Å². The van der Waals surface area contributed by atoms with E-state index >= 15 is 0 Å². The molecule has 0 fully saturated rings. The molecule has 0 spiro atoms. The molecule has 0 aromatic heterocycles. The predicted molar refractivity (Wildman–Crippen MR) is 62.6 cm³/mol. The second-order valence-electron chi connectivity index (χ2n) is 4.21. The van der Waals surface area contributed by atoms with Crippen LogP contribution in [0, 0.1) is 0 Å². The van der Waals surface area contributed by atoms with E-state index in [1.807, 2.05) is 19.0 Å². The Hall–Kier alpha value is -1.13. The molecule has 0 N–H and O–H groups in total. The molecule has 0 aromatic carbocycles. The summed E-state index contributed by atoms with van der Waals surface area (Å²) in [6.45, 7) is 0.676. The number of allylic oxidation sites excluding steroid dienone is 4. The summed E-state index contributed by atoms with van der Waals surface area (Å²) in [4.78, 5) is 35.2. The maximum atomic E-state index is 11.1. The summed E-state index contributed by atoms with van der Waals surface area (Å²) in [7, 11) is 3.79. The zero-order valence-corrected chi connectivity index (χ0v) is 12.0. The summed E-state index contributed by atoms with van der Waals surface area (Å²) in [5, 5.41) is 0. The molecule has 1 rings (SSSR count). The second kappa shape index (κ2) is 5.47. The van der Waals surface area contributed by atoms with Gasteiger partial charge in [0.2, 0.25) is 0 Å². The van der Waals surface area contributed by atoms with Gasteiger partial charge in [0, 0.05) is 0 Å². The quantitative estimate of drug-likeness (QED) is 0.701. The van der Waals surface area contributed by atoms with E-state index in [1.165, 1.54) is 0 Å². The van der Waals surface area contributed by atoms with E-state index in [-0.39, 0.29) is 0 Å². The van der Waals surface area contributed by atoms with Gasteiger partial charge in [0.25, 0.3) is 0 Å². The molecule has 92 valence electrons. The summed E-state index contributed by atoms with van der Waals surface area (Å²) in [6, 6.07) is 0. The van der Waals surface area contributed by atoms with Crippen molar-refractivity contribution in [2.75, 3.05) is 20.6 Å². The van der Waals surface area contributed by atoms with Gasteiger partial charge in [0.15, 0.2) is 0 Å². The van der Waals surface area contributed by atoms with Gasteiger partial charge in [-0.1, -0.05) is 0 Å². The maximum absolute atomic E-state index is 11.1. The third kappa shape index (κ3) is 2.42. The molecule has 4 nitrogen and oxygen atoms in total. The topological polar surface area (TPSA) is 54.5 Å². The molecule has 0 amide bonds. The molecule has 1 aliphatic rings. The van der Waals surface area contributed by atoms with Gasteiger partial charge in [-0.05, 0) is 0 Å². The first-order valence-electron chi connectivity index (χ1n) is 5.15. The van der Waals surface area contributed by atoms with E-state index in [0.29, 0.717) is 13.0 Å². The van der Waals surface area contributed by atoms with Crippen LogP contribution < -0.4 is 0 Å². The SMILES string of the molecule is CN(C)CC[C]1([MoH](=[C]=O)(=[C]=O)=[C]=O)C=CC=C1. The van der Waals surface area contributed by atoms with Crippen LogP contribution in [-0.4, -0.2) is 38.3 Å². The number of carbonyl (C=O) groups excluding carboxylic acids is 3. The van der Waals surface area contributed by atoms with Crippen molar-refractivity contribution in [2.45, 2.75) is 10.2 Å². The Morgan fingerprint density at radius 3 is 1.88 bits per heavy atom. The zero-order chi connectivity index (χ0) is 12.9. The van der Waals surface area contributed by atoms with Crippen molar-refractivity contribution in [3.63, 3.8) is 0 Å². The van der Waals surface area contributed by atoms with Gasteiger partial charge < -0.3 is 0 Å². The van der Waals surface area contributed by atoms with E-state index < -0.39 is 18.5 Å². The van der Waals surface area contributed by atoms with Gasteiger partial charge in [0.1, 0.15) is 0 Å². The standard InChI is InChI=1S/C9H14N.3CO.Mo.H/c1-10(2)8-7-9-5-3-4-6-9;3*1-2;;/h3-6H,7-8H2,1-2H3;;;;;. The summed E-state index contributed by atoms with van der Waals surface area (Å²) in [5.41, 5.74) is 0. The van der Waals surface area contributed by atoms with Gasteiger partial charge in [-0.25, -0.2) is 0 Å². The molecule has 0 radical (unpaired) electrons. The van der Waals surface area contributed by atoms with Crippen LogP contribution in [0.25, 0.3) is 0 Å². The Balaban J connectivity index is 3.46. The molecule has 0 atom stereocenters. The summed E-state index contributed by atoms with van der Waals surface area (Å²) in [6.07, 6.45) is 7.56. The third-order valence-electron chi connectivity index (χ3n) is 2.88. The summed E-state index contributed by atoms with van der Waals surface area (Å²) in [5.74, 6) is 0. The molecule has 1 aliphatic carbocycles. The van der Waals surface area contributed by atoms with Crippen molar-refractivity contribution in [3.05, 3.63) is 24.3 Å². The first kappa shape index (κ1) is 13.9. The Morgan fingerprint density at radius 1 is 1.06 bits per heavy atom. The van der Waals surface area contributed by atoms with Gasteiger partial charge in [-0.3, -0.25) is 0 Å². The number of nitrogens with zero attached hydrogens (tertiary/aromatic N) is 1. The zero-order valence-electron chi connectivity index (χ0n) is 9.84. The molecular weight excluding hydrogens is 302 g/mol. The number of hydrogen-bond acceptors (Lipinski definition) is 4. The van der Waals surface area contributed by atoms with Crippen LogP contribution >= 0.6 is 0 Å². The van der Waals surface area contributed by atoms with Gasteiger partial charge in [0.05, 0.1) is 0 Å². The molecule has 5 heteroatoms. The van der Waals surface area contributed by atoms with Gasteiger partial charge >= 0.3 is 102 Å². The number of hydrogen-bond donors (Lipinski definition) is 0. The van der Waals surface area contributed by atoms with E-state index in [0.717, 1.165) is 0 Å². The van der Waals surface area contributed by atoms with Crippen LogP contribution in [0.2, 0.25) is 3.80 Å². The molecule has 0 bridgehead atoms. The Morgan fingerprint density at radius 2 is 1.53 bits per heavy atom. The van der Waals surface area contributed by atoms with Crippen molar-refractivity contribution in [1.29, 1.82) is 0 Å². The molecular formula is C12H15MoNO3. The van der Waals surface area contributed by atoms with Crippen LogP contribution in [-0.2, 0) is 29.1 Å². The predicted octanol–water partition coefficient (Wildman–Crippen LogP) is 0.311. The Bertz CT molecular complexity index is 552. The summed E-state index contributed by atoms with van der Waals surface area (Å²) < 4.78 is 4.33. The van der Waals surface area contributed by atoms with E-state index in [4.69, 9.17) is 0 Å². The molecule has 17 heavy (non-hydrogen) atoms. The Kier molecular flexibility index (Phi) is 4.48. The van der Waals surface area contributed by atoms with Crippen LogP contribution in [0.1, 0.15) is 6.42 Å². The van der Waals surface area contributed by atoms with E-state index in [2.05, 4.69) is 0 Å². The van der Waals surface area contributed by atoms with Gasteiger partial charge in [-0.2, -0.15) is 0 Å². The van der Waals surface area contributed by atoms with Crippen molar-refractivity contribution in [3.8, 4) is 0 Å². The van der Waals surface area contributed by atoms with Crippen molar-refractivity contribution < 1.29 is 29.1 Å². The van der Waals surface area contributed by atoms with E-state index in [1.54, 1.807) is 37.1 Å². The fourth-order valence-corrected chi connectivity index (χ4v) is 5.89. The minimum absolute atomic E-state index is 0.540. The molecule has 0 heterocycles. The molecule has 0 unspecified atom stereocenters. The first-order valence-corrected chi connectivity index (χ1v) is 9.55. The first-order chi connectivity index (χ1) is 8.06. The normalized spacial score (nSPS) is 16.6. The minimum atomic E-state index is -4.34. The van der Waals surface area contributed by atoms with Crippen molar-refractivity contribution >= 4 is 12.8 Å². The van der Waals surface area contributed by atoms with Gasteiger partial charge in [-0.15, -0.1) is 0 Å². The number of rotatable bonds is 4. The third-order valence-corrected chi connectivity index (χ3v) is 9.25.